The third-order valence-electron chi connectivity index (χ3n) is 2.63. The summed E-state index contributed by atoms with van der Waals surface area (Å²) in [4.78, 5) is 11.8. The van der Waals surface area contributed by atoms with Gasteiger partial charge in [-0.1, -0.05) is 0 Å². The maximum Gasteiger partial charge on any atom is 0.223 e. The predicted molar refractivity (Wildman–Crippen MR) is 73.4 cm³/mol. The van der Waals surface area contributed by atoms with Gasteiger partial charge in [-0.3, -0.25) is 0 Å². The molecule has 0 aliphatic rings. The van der Waals surface area contributed by atoms with Crippen LogP contribution in [0.5, 0.6) is 0 Å². The van der Waals surface area contributed by atoms with E-state index in [1.807, 2.05) is 37.8 Å². The highest BCUT2D eigenvalue weighted by Gasteiger charge is 2.17. The lowest BCUT2D eigenvalue weighted by Crippen LogP contribution is -2.41. The molecule has 3 N–H and O–H groups in total. The molecule has 0 aliphatic carbocycles. The summed E-state index contributed by atoms with van der Waals surface area (Å²) in [5.74, 6) is 0.644. The lowest BCUT2D eigenvalue weighted by atomic mass is 10.1. The van der Waals surface area contributed by atoms with Crippen LogP contribution in [0.2, 0.25) is 0 Å². The van der Waals surface area contributed by atoms with Gasteiger partial charge in [0.15, 0.2) is 0 Å². The van der Waals surface area contributed by atoms with E-state index in [1.165, 1.54) is 0 Å². The van der Waals surface area contributed by atoms with Gasteiger partial charge in [0.2, 0.25) is 5.95 Å². The van der Waals surface area contributed by atoms with Gasteiger partial charge in [-0.05, 0) is 33.0 Å². The summed E-state index contributed by atoms with van der Waals surface area (Å²) in [5.41, 5.74) is 1.93. The van der Waals surface area contributed by atoms with Crippen LogP contribution in [0, 0.1) is 0 Å². The van der Waals surface area contributed by atoms with Crippen molar-refractivity contribution in [1.29, 1.82) is 0 Å². The Balaban J connectivity index is 2.09. The quantitative estimate of drug-likeness (QED) is 0.752. The molecule has 18 heavy (non-hydrogen) atoms. The molecule has 96 valence electrons. The Morgan fingerprint density at radius 2 is 2.00 bits per heavy atom. The molecule has 2 aromatic heterocycles. The van der Waals surface area contributed by atoms with Gasteiger partial charge in [0.25, 0.3) is 0 Å². The van der Waals surface area contributed by atoms with Gasteiger partial charge < -0.3 is 15.6 Å². The molecule has 0 spiro atoms. The number of aromatic amines is 1. The highest BCUT2D eigenvalue weighted by Crippen LogP contribution is 2.16. The summed E-state index contributed by atoms with van der Waals surface area (Å²) in [6, 6.07) is 3.95. The number of aromatic nitrogens is 3. The largest absolute Gasteiger partial charge is 0.361 e. The second-order valence-corrected chi connectivity index (χ2v) is 4.92. The molecular formula is C13H19N5. The number of anilines is 1. The predicted octanol–water partition coefficient (Wildman–Crippen LogP) is 1.88. The topological polar surface area (TPSA) is 65.6 Å². The molecule has 0 radical (unpaired) electrons. The summed E-state index contributed by atoms with van der Waals surface area (Å²) in [5, 5.41) is 6.44. The fourth-order valence-corrected chi connectivity index (χ4v) is 1.83. The van der Waals surface area contributed by atoms with Crippen LogP contribution in [0.15, 0.2) is 30.7 Å². The Morgan fingerprint density at radius 3 is 2.56 bits per heavy atom. The molecule has 0 aliphatic heterocycles. The van der Waals surface area contributed by atoms with Crippen LogP contribution >= 0.6 is 0 Å². The number of nitrogens with zero attached hydrogens (tertiary/aromatic N) is 2. The molecule has 0 unspecified atom stereocenters. The molecule has 0 saturated heterocycles. The fraction of sp³-hybridized carbons (Fsp3) is 0.385. The van der Waals surface area contributed by atoms with Crippen LogP contribution in [-0.2, 0) is 0 Å². The van der Waals surface area contributed by atoms with Crippen molar-refractivity contribution in [3.8, 4) is 11.3 Å². The number of hydrogen-bond donors (Lipinski definition) is 3. The Labute approximate surface area is 107 Å². The van der Waals surface area contributed by atoms with Crippen LogP contribution in [0.4, 0.5) is 5.95 Å². The normalized spacial score (nSPS) is 11.5. The van der Waals surface area contributed by atoms with Crippen molar-refractivity contribution in [3.63, 3.8) is 0 Å². The second-order valence-electron chi connectivity index (χ2n) is 4.92. The van der Waals surface area contributed by atoms with Gasteiger partial charge in [0, 0.05) is 41.9 Å². The molecule has 5 nitrogen and oxygen atoms in total. The zero-order chi connectivity index (χ0) is 13.0. The first-order chi connectivity index (χ1) is 8.61. The Bertz CT molecular complexity index is 473. The number of likely N-dealkylation sites (N-methyl/N-ethyl adjacent to an activating group) is 1. The summed E-state index contributed by atoms with van der Waals surface area (Å²) in [6.07, 6.45) is 5.52. The van der Waals surface area contributed by atoms with E-state index in [1.54, 1.807) is 0 Å². The van der Waals surface area contributed by atoms with Crippen LogP contribution in [0.1, 0.15) is 13.8 Å². The van der Waals surface area contributed by atoms with Crippen molar-refractivity contribution in [1.82, 2.24) is 20.3 Å². The summed E-state index contributed by atoms with van der Waals surface area (Å²) >= 11 is 0. The molecular weight excluding hydrogens is 226 g/mol. The Kier molecular flexibility index (Phi) is 3.62. The summed E-state index contributed by atoms with van der Waals surface area (Å²) in [7, 11) is 1.93. The van der Waals surface area contributed by atoms with Gasteiger partial charge in [-0.15, -0.1) is 0 Å². The van der Waals surface area contributed by atoms with E-state index >= 15 is 0 Å². The highest BCUT2D eigenvalue weighted by atomic mass is 15.1. The van der Waals surface area contributed by atoms with Gasteiger partial charge in [-0.25, -0.2) is 9.97 Å². The fourth-order valence-electron chi connectivity index (χ4n) is 1.83. The first-order valence-electron chi connectivity index (χ1n) is 5.99. The van der Waals surface area contributed by atoms with Crippen LogP contribution in [0.3, 0.4) is 0 Å². The summed E-state index contributed by atoms with van der Waals surface area (Å²) < 4.78 is 0. The SMILES string of the molecule is CNCC(C)(C)Nc1ncc(-c2ccc[nH]2)cn1. The third kappa shape index (κ3) is 3.07. The molecule has 0 atom stereocenters. The zero-order valence-electron chi connectivity index (χ0n) is 11.0. The van der Waals surface area contributed by atoms with Gasteiger partial charge in [0.05, 0.1) is 0 Å². The summed E-state index contributed by atoms with van der Waals surface area (Å²) in [6.45, 7) is 5.05. The van der Waals surface area contributed by atoms with Crippen LogP contribution in [0.25, 0.3) is 11.3 Å². The third-order valence-corrected chi connectivity index (χ3v) is 2.63. The van der Waals surface area contributed by atoms with Gasteiger partial charge in [0.1, 0.15) is 0 Å². The minimum Gasteiger partial charge on any atom is -0.361 e. The number of hydrogen-bond acceptors (Lipinski definition) is 4. The van der Waals surface area contributed by atoms with Crippen molar-refractivity contribution < 1.29 is 0 Å². The van der Waals surface area contributed by atoms with E-state index in [4.69, 9.17) is 0 Å². The lowest BCUT2D eigenvalue weighted by Gasteiger charge is -2.25. The second kappa shape index (κ2) is 5.18. The van der Waals surface area contributed by atoms with E-state index in [9.17, 15) is 0 Å². The molecule has 2 heterocycles. The average molecular weight is 245 g/mol. The smallest absolute Gasteiger partial charge is 0.223 e. The maximum absolute atomic E-state index is 4.33. The van der Waals surface area contributed by atoms with Gasteiger partial charge >= 0.3 is 0 Å². The number of rotatable bonds is 5. The van der Waals surface area contributed by atoms with E-state index in [-0.39, 0.29) is 5.54 Å². The van der Waals surface area contributed by atoms with Crippen LogP contribution in [-0.4, -0.2) is 34.1 Å². The molecule has 5 heteroatoms. The van der Waals surface area contributed by atoms with E-state index < -0.39 is 0 Å². The number of nitrogens with one attached hydrogen (secondary N) is 3. The minimum atomic E-state index is -0.0807. The van der Waals surface area contributed by atoms with Crippen molar-refractivity contribution in [2.45, 2.75) is 19.4 Å². The first kappa shape index (κ1) is 12.6. The monoisotopic (exact) mass is 245 g/mol. The maximum atomic E-state index is 4.33. The Hall–Kier alpha value is -1.88. The van der Waals surface area contributed by atoms with Gasteiger partial charge in [-0.2, -0.15) is 0 Å². The van der Waals surface area contributed by atoms with Crippen molar-refractivity contribution in [3.05, 3.63) is 30.7 Å². The standard InChI is InChI=1S/C13H19N5/c1-13(2,9-14-3)18-12-16-7-10(8-17-12)11-5-4-6-15-11/h4-8,14-15H,9H2,1-3H3,(H,16,17,18). The van der Waals surface area contributed by atoms with Crippen LogP contribution < -0.4 is 10.6 Å². The highest BCUT2D eigenvalue weighted by molar-refractivity contribution is 5.57. The first-order valence-corrected chi connectivity index (χ1v) is 5.99. The minimum absolute atomic E-state index is 0.0807. The molecule has 2 aromatic rings. The van der Waals surface area contributed by atoms with Crippen molar-refractivity contribution in [2.24, 2.45) is 0 Å². The molecule has 0 saturated carbocycles. The molecule has 0 amide bonds. The molecule has 0 aromatic carbocycles. The Morgan fingerprint density at radius 1 is 1.28 bits per heavy atom. The van der Waals surface area contributed by atoms with E-state index in [0.717, 1.165) is 17.8 Å². The molecule has 2 rings (SSSR count). The van der Waals surface area contributed by atoms with E-state index in [0.29, 0.717) is 5.95 Å². The van der Waals surface area contributed by atoms with Crippen molar-refractivity contribution in [2.75, 3.05) is 18.9 Å². The average Bonchev–Trinajstić information content (AvgIpc) is 2.82. The molecule has 0 fully saturated rings. The lowest BCUT2D eigenvalue weighted by molar-refractivity contribution is 0.526. The molecule has 0 bridgehead atoms. The van der Waals surface area contributed by atoms with E-state index in [2.05, 4.69) is 39.4 Å². The zero-order valence-corrected chi connectivity index (χ0v) is 11.0. The number of H-pyrrole nitrogens is 1. The van der Waals surface area contributed by atoms with Crippen molar-refractivity contribution >= 4 is 5.95 Å².